The third kappa shape index (κ3) is 11.7. The molecule has 0 saturated carbocycles. The van der Waals surface area contributed by atoms with Crippen LogP contribution in [0.3, 0.4) is 0 Å². The molecule has 0 spiro atoms. The summed E-state index contributed by atoms with van der Waals surface area (Å²) in [6, 6.07) is 0. The van der Waals surface area contributed by atoms with E-state index in [1.807, 2.05) is 20.1 Å². The Morgan fingerprint density at radius 3 is 2.05 bits per heavy atom. The maximum Gasteiger partial charge on any atom is 0.0648 e. The van der Waals surface area contributed by atoms with Crippen molar-refractivity contribution >= 4 is 12.0 Å². The molecule has 0 aromatic heterocycles. The number of hydrogen-bond acceptors (Lipinski definition) is 5. The van der Waals surface area contributed by atoms with E-state index in [0.29, 0.717) is 19.6 Å². The first-order valence-corrected chi connectivity index (χ1v) is 8.02. The number of aliphatic hydroxyl groups excluding tert-OH is 1. The van der Waals surface area contributed by atoms with Crippen molar-refractivity contribution in [1.29, 1.82) is 0 Å². The molecule has 0 bridgehead atoms. The molecule has 19 heavy (non-hydrogen) atoms. The van der Waals surface area contributed by atoms with Gasteiger partial charge in [0.2, 0.25) is 0 Å². The van der Waals surface area contributed by atoms with Gasteiger partial charge in [0.25, 0.3) is 0 Å². The second kappa shape index (κ2) is 10.00. The third-order valence-electron chi connectivity index (χ3n) is 2.89. The van der Waals surface area contributed by atoms with Crippen LogP contribution in [0.2, 0.25) is 0 Å². The molecule has 0 rings (SSSR count). The van der Waals surface area contributed by atoms with Gasteiger partial charge in [0.15, 0.2) is 0 Å². The lowest BCUT2D eigenvalue weighted by Gasteiger charge is -2.29. The minimum Gasteiger partial charge on any atom is -0.396 e. The summed E-state index contributed by atoms with van der Waals surface area (Å²) in [6.07, 6.45) is 4.31. The molecular formula is C14H30O4S. The van der Waals surface area contributed by atoms with Crippen LogP contribution in [0.5, 0.6) is 0 Å². The minimum absolute atomic E-state index is 0.155. The fraction of sp³-hybridized carbons (Fsp3) is 1.00. The van der Waals surface area contributed by atoms with Crippen molar-refractivity contribution in [1.82, 2.24) is 0 Å². The van der Waals surface area contributed by atoms with Gasteiger partial charge >= 0.3 is 0 Å². The second-order valence-corrected chi connectivity index (χ2v) is 6.35. The van der Waals surface area contributed by atoms with Crippen molar-refractivity contribution in [3.05, 3.63) is 0 Å². The molecule has 0 radical (unpaired) electrons. The maximum absolute atomic E-state index is 8.93. The van der Waals surface area contributed by atoms with Crippen LogP contribution in [0, 0.1) is 0 Å². The summed E-state index contributed by atoms with van der Waals surface area (Å²) in [6.45, 7) is 10.4. The van der Waals surface area contributed by atoms with Crippen molar-refractivity contribution in [3.63, 3.8) is 0 Å². The van der Waals surface area contributed by atoms with Crippen molar-refractivity contribution in [3.8, 4) is 0 Å². The van der Waals surface area contributed by atoms with E-state index in [2.05, 4.69) is 13.8 Å². The molecule has 0 unspecified atom stereocenters. The molecule has 1 N–H and O–H groups in total. The molecule has 0 aliphatic heterocycles. The molecule has 0 saturated heterocycles. The van der Waals surface area contributed by atoms with Gasteiger partial charge in [0.1, 0.15) is 0 Å². The normalized spacial score (nSPS) is 12.9. The number of ether oxygens (including phenoxy) is 2. The van der Waals surface area contributed by atoms with E-state index in [4.69, 9.17) is 18.8 Å². The Kier molecular flexibility index (Phi) is 10.1. The number of rotatable bonds is 12. The summed E-state index contributed by atoms with van der Waals surface area (Å²) in [5.74, 6) is 0. The summed E-state index contributed by atoms with van der Waals surface area (Å²) < 4.78 is 16.8. The van der Waals surface area contributed by atoms with Gasteiger partial charge in [-0.2, -0.15) is 0 Å². The average molecular weight is 294 g/mol. The highest BCUT2D eigenvalue weighted by Crippen LogP contribution is 2.19. The predicted octanol–water partition coefficient (Wildman–Crippen LogP) is 3.03. The summed E-state index contributed by atoms with van der Waals surface area (Å²) in [7, 11) is 0. The first kappa shape index (κ1) is 19.2. The Hall–Kier alpha value is 0.190. The molecule has 0 aliphatic carbocycles. The van der Waals surface area contributed by atoms with E-state index in [9.17, 15) is 0 Å². The van der Waals surface area contributed by atoms with Gasteiger partial charge in [0, 0.05) is 19.5 Å². The van der Waals surface area contributed by atoms with Gasteiger partial charge in [-0.3, -0.25) is 0 Å². The van der Waals surface area contributed by atoms with Gasteiger partial charge in [-0.15, -0.1) is 0 Å². The first-order valence-electron chi connectivity index (χ1n) is 6.87. The molecule has 0 fully saturated rings. The summed E-state index contributed by atoms with van der Waals surface area (Å²) in [5.41, 5.74) is -0.453. The van der Waals surface area contributed by atoms with Gasteiger partial charge in [-0.25, -0.2) is 0 Å². The fourth-order valence-electron chi connectivity index (χ4n) is 1.54. The monoisotopic (exact) mass is 294 g/mol. The van der Waals surface area contributed by atoms with Crippen LogP contribution in [-0.4, -0.2) is 49.0 Å². The highest BCUT2D eigenvalue weighted by Gasteiger charge is 2.22. The second-order valence-electron chi connectivity index (χ2n) is 5.78. The van der Waals surface area contributed by atoms with Crippen LogP contribution in [0.15, 0.2) is 0 Å². The van der Waals surface area contributed by atoms with Gasteiger partial charge in [-0.1, -0.05) is 0 Å². The van der Waals surface area contributed by atoms with Crippen LogP contribution >= 0.6 is 12.0 Å². The Bertz CT molecular complexity index is 219. The van der Waals surface area contributed by atoms with E-state index >= 15 is 0 Å². The Morgan fingerprint density at radius 1 is 0.895 bits per heavy atom. The van der Waals surface area contributed by atoms with E-state index in [1.54, 1.807) is 0 Å². The SMILES string of the molecule is CSOCCCOC(C)(C)CCOC(C)(C)CCO. The smallest absolute Gasteiger partial charge is 0.0648 e. The minimum atomic E-state index is -0.267. The van der Waals surface area contributed by atoms with Gasteiger partial charge < -0.3 is 18.8 Å². The molecule has 0 aromatic rings. The van der Waals surface area contributed by atoms with Crippen molar-refractivity contribution < 1.29 is 18.8 Å². The summed E-state index contributed by atoms with van der Waals surface area (Å²) in [4.78, 5) is 0. The van der Waals surface area contributed by atoms with Crippen LogP contribution in [-0.2, 0) is 13.7 Å². The maximum atomic E-state index is 8.93. The molecule has 0 aliphatic rings. The molecule has 0 amide bonds. The topological polar surface area (TPSA) is 47.9 Å². The highest BCUT2D eigenvalue weighted by atomic mass is 32.2. The van der Waals surface area contributed by atoms with Crippen LogP contribution in [0.4, 0.5) is 0 Å². The Morgan fingerprint density at radius 2 is 1.47 bits per heavy atom. The molecule has 0 heterocycles. The lowest BCUT2D eigenvalue weighted by Crippen LogP contribution is -2.31. The molecule has 116 valence electrons. The average Bonchev–Trinajstić information content (AvgIpc) is 2.27. The summed E-state index contributed by atoms with van der Waals surface area (Å²) >= 11 is 1.38. The zero-order chi connectivity index (χ0) is 14.8. The van der Waals surface area contributed by atoms with E-state index in [-0.39, 0.29) is 17.8 Å². The summed E-state index contributed by atoms with van der Waals surface area (Å²) in [5, 5.41) is 8.93. The van der Waals surface area contributed by atoms with Gasteiger partial charge in [0.05, 0.1) is 24.4 Å². The molecule has 0 aromatic carbocycles. The first-order chi connectivity index (χ1) is 8.83. The van der Waals surface area contributed by atoms with E-state index < -0.39 is 0 Å². The van der Waals surface area contributed by atoms with Crippen molar-refractivity contribution in [2.45, 2.75) is 58.2 Å². The lowest BCUT2D eigenvalue weighted by atomic mass is 10.0. The predicted molar refractivity (Wildman–Crippen MR) is 80.5 cm³/mol. The van der Waals surface area contributed by atoms with Crippen LogP contribution in [0.25, 0.3) is 0 Å². The zero-order valence-corrected chi connectivity index (χ0v) is 13.8. The zero-order valence-electron chi connectivity index (χ0n) is 13.0. The largest absolute Gasteiger partial charge is 0.396 e. The quantitative estimate of drug-likeness (QED) is 0.443. The fourth-order valence-corrected chi connectivity index (χ4v) is 1.82. The van der Waals surface area contributed by atoms with Crippen LogP contribution < -0.4 is 0 Å². The van der Waals surface area contributed by atoms with Gasteiger partial charge in [-0.05, 0) is 59.0 Å². The highest BCUT2D eigenvalue weighted by molar-refractivity contribution is 7.93. The van der Waals surface area contributed by atoms with E-state index in [1.165, 1.54) is 12.0 Å². The number of aliphatic hydroxyl groups is 1. The molecule has 0 atom stereocenters. The molecule has 4 nitrogen and oxygen atoms in total. The Balaban J connectivity index is 3.72. The molecule has 5 heteroatoms. The Labute approximate surface area is 122 Å². The standard InChI is InChI=1S/C14H30O4S/c1-13(2,7-9-15)17-12-8-14(3,4)16-10-6-11-18-19-5/h15H,6-12H2,1-5H3. The van der Waals surface area contributed by atoms with Crippen molar-refractivity contribution in [2.24, 2.45) is 0 Å². The lowest BCUT2D eigenvalue weighted by molar-refractivity contribution is -0.0786. The number of hydrogen-bond donors (Lipinski definition) is 1. The molecular weight excluding hydrogens is 264 g/mol. The van der Waals surface area contributed by atoms with Crippen LogP contribution in [0.1, 0.15) is 47.0 Å². The third-order valence-corrected chi connectivity index (χ3v) is 3.30. The van der Waals surface area contributed by atoms with E-state index in [0.717, 1.165) is 19.4 Å². The van der Waals surface area contributed by atoms with Crippen molar-refractivity contribution in [2.75, 3.05) is 32.7 Å².